The maximum absolute atomic E-state index is 5.75. The maximum atomic E-state index is 5.75. The first-order valence-electron chi connectivity index (χ1n) is 5.67. The van der Waals surface area contributed by atoms with Crippen LogP contribution in [0.25, 0.3) is 0 Å². The predicted molar refractivity (Wildman–Crippen MR) is 67.3 cm³/mol. The molecule has 0 spiro atoms. The van der Waals surface area contributed by atoms with E-state index < -0.39 is 9.28 Å². The van der Waals surface area contributed by atoms with E-state index in [9.17, 15) is 0 Å². The highest BCUT2D eigenvalue weighted by Crippen LogP contribution is 2.11. The van der Waals surface area contributed by atoms with Gasteiger partial charge in [0.15, 0.2) is 0 Å². The molecule has 0 aromatic rings. The second-order valence-corrected chi connectivity index (χ2v) is 6.90. The zero-order chi connectivity index (χ0) is 10.8. The largest absolute Gasteiger partial charge is 0.396 e. The monoisotopic (exact) mass is 236 g/mol. The zero-order valence-electron chi connectivity index (χ0n) is 9.66. The summed E-state index contributed by atoms with van der Waals surface area (Å²) in [4.78, 5) is 0.345. The molecule has 14 heavy (non-hydrogen) atoms. The Hall–Kier alpha value is 0.487. The van der Waals surface area contributed by atoms with Crippen LogP contribution in [0.4, 0.5) is 0 Å². The molecule has 0 aliphatic carbocycles. The standard InChI is InChI=1S/C10H24O2SSi/c1-4-7-10(13)14(11-8-5-2)12-9-6-3/h10,13-14H,4-9H2,1-3H3. The van der Waals surface area contributed by atoms with Gasteiger partial charge in [0.2, 0.25) is 0 Å². The molecule has 2 nitrogen and oxygen atoms in total. The van der Waals surface area contributed by atoms with Crippen LogP contribution in [0, 0.1) is 0 Å². The van der Waals surface area contributed by atoms with Crippen molar-refractivity contribution < 1.29 is 8.85 Å². The topological polar surface area (TPSA) is 18.5 Å². The molecule has 0 aromatic carbocycles. The Morgan fingerprint density at radius 3 is 1.86 bits per heavy atom. The minimum atomic E-state index is -1.52. The summed E-state index contributed by atoms with van der Waals surface area (Å²) in [6.45, 7) is 8.06. The van der Waals surface area contributed by atoms with Gasteiger partial charge in [0.1, 0.15) is 0 Å². The first kappa shape index (κ1) is 14.5. The summed E-state index contributed by atoms with van der Waals surface area (Å²) in [7, 11) is -1.52. The van der Waals surface area contributed by atoms with E-state index in [-0.39, 0.29) is 0 Å². The highest BCUT2D eigenvalue weighted by atomic mass is 32.1. The van der Waals surface area contributed by atoms with Crippen molar-refractivity contribution in [1.82, 2.24) is 0 Å². The lowest BCUT2D eigenvalue weighted by Gasteiger charge is -2.21. The predicted octanol–water partition coefficient (Wildman–Crippen LogP) is 2.70. The van der Waals surface area contributed by atoms with E-state index in [1.807, 2.05) is 0 Å². The summed E-state index contributed by atoms with van der Waals surface area (Å²) in [6.07, 6.45) is 4.38. The SMILES string of the molecule is CCCO[SiH](OCCC)C(S)CCC. The minimum Gasteiger partial charge on any atom is -0.396 e. The Kier molecular flexibility index (Phi) is 10.4. The second kappa shape index (κ2) is 10.0. The average molecular weight is 236 g/mol. The quantitative estimate of drug-likeness (QED) is 0.490. The lowest BCUT2D eigenvalue weighted by atomic mass is 10.4. The molecule has 0 aliphatic rings. The van der Waals surface area contributed by atoms with Gasteiger partial charge in [0.25, 0.3) is 0 Å². The molecule has 1 unspecified atom stereocenters. The molecule has 0 saturated carbocycles. The summed E-state index contributed by atoms with van der Waals surface area (Å²) in [6, 6.07) is 0. The molecule has 1 atom stereocenters. The van der Waals surface area contributed by atoms with E-state index in [0.717, 1.165) is 38.9 Å². The lowest BCUT2D eigenvalue weighted by Crippen LogP contribution is -2.34. The van der Waals surface area contributed by atoms with Gasteiger partial charge in [0.05, 0.1) is 0 Å². The van der Waals surface area contributed by atoms with Crippen molar-refractivity contribution in [3.05, 3.63) is 0 Å². The van der Waals surface area contributed by atoms with Crippen LogP contribution in [0.15, 0.2) is 0 Å². The van der Waals surface area contributed by atoms with Crippen molar-refractivity contribution in [2.24, 2.45) is 0 Å². The Labute approximate surface area is 95.6 Å². The van der Waals surface area contributed by atoms with Crippen LogP contribution >= 0.6 is 12.6 Å². The highest BCUT2D eigenvalue weighted by Gasteiger charge is 2.21. The molecule has 0 fully saturated rings. The van der Waals surface area contributed by atoms with Crippen molar-refractivity contribution in [1.29, 1.82) is 0 Å². The fourth-order valence-corrected chi connectivity index (χ4v) is 4.03. The van der Waals surface area contributed by atoms with Crippen LogP contribution in [-0.4, -0.2) is 27.4 Å². The van der Waals surface area contributed by atoms with E-state index in [2.05, 4.69) is 33.4 Å². The van der Waals surface area contributed by atoms with Crippen molar-refractivity contribution in [3.63, 3.8) is 0 Å². The first-order valence-corrected chi connectivity index (χ1v) is 7.80. The number of rotatable bonds is 9. The molecule has 0 N–H and O–H groups in total. The molecule has 0 saturated heterocycles. The summed E-state index contributed by atoms with van der Waals surface area (Å²) in [5.41, 5.74) is 0. The van der Waals surface area contributed by atoms with E-state index in [1.54, 1.807) is 0 Å². The molecule has 4 heteroatoms. The zero-order valence-corrected chi connectivity index (χ0v) is 11.7. The van der Waals surface area contributed by atoms with Crippen LogP contribution in [-0.2, 0) is 8.85 Å². The molecule has 0 radical (unpaired) electrons. The van der Waals surface area contributed by atoms with Gasteiger partial charge in [-0.25, -0.2) is 0 Å². The first-order chi connectivity index (χ1) is 6.76. The van der Waals surface area contributed by atoms with Crippen molar-refractivity contribution >= 4 is 21.9 Å². The molecule has 0 aromatic heterocycles. The van der Waals surface area contributed by atoms with Gasteiger partial charge < -0.3 is 8.85 Å². The number of thiol groups is 1. The third-order valence-electron chi connectivity index (χ3n) is 1.87. The lowest BCUT2D eigenvalue weighted by molar-refractivity contribution is 0.194. The fourth-order valence-electron chi connectivity index (χ4n) is 1.17. The van der Waals surface area contributed by atoms with Crippen LogP contribution in [0.1, 0.15) is 46.5 Å². The summed E-state index contributed by atoms with van der Waals surface area (Å²) in [5.74, 6) is 0. The Balaban J connectivity index is 3.81. The smallest absolute Gasteiger partial charge is 0.334 e. The van der Waals surface area contributed by atoms with E-state index >= 15 is 0 Å². The minimum absolute atomic E-state index is 0.345. The summed E-state index contributed by atoms with van der Waals surface area (Å²) < 4.78 is 11.5. The molecule has 0 aliphatic heterocycles. The van der Waals surface area contributed by atoms with E-state index in [1.165, 1.54) is 0 Å². The average Bonchev–Trinajstić information content (AvgIpc) is 2.18. The highest BCUT2D eigenvalue weighted by molar-refractivity contribution is 7.82. The van der Waals surface area contributed by atoms with Gasteiger partial charge in [-0.05, 0) is 19.3 Å². The third kappa shape index (κ3) is 6.87. The van der Waals surface area contributed by atoms with Gasteiger partial charge in [-0.15, -0.1) is 0 Å². The van der Waals surface area contributed by atoms with Crippen molar-refractivity contribution in [2.75, 3.05) is 13.2 Å². The van der Waals surface area contributed by atoms with Gasteiger partial charge in [0, 0.05) is 18.1 Å². The summed E-state index contributed by atoms with van der Waals surface area (Å²) in [5, 5.41) is 0. The molecule has 0 rings (SSSR count). The van der Waals surface area contributed by atoms with Gasteiger partial charge in [-0.1, -0.05) is 27.2 Å². The Bertz CT molecular complexity index is 117. The van der Waals surface area contributed by atoms with Crippen LogP contribution < -0.4 is 0 Å². The summed E-state index contributed by atoms with van der Waals surface area (Å²) >= 11 is 4.56. The van der Waals surface area contributed by atoms with Gasteiger partial charge in [-0.2, -0.15) is 12.6 Å². The van der Waals surface area contributed by atoms with Crippen LogP contribution in [0.5, 0.6) is 0 Å². The molecule has 0 bridgehead atoms. The fraction of sp³-hybridized carbons (Fsp3) is 1.00. The van der Waals surface area contributed by atoms with Gasteiger partial charge in [-0.3, -0.25) is 0 Å². The normalized spacial score (nSPS) is 13.5. The van der Waals surface area contributed by atoms with E-state index in [0.29, 0.717) is 4.87 Å². The number of hydrogen-bond acceptors (Lipinski definition) is 3. The third-order valence-corrected chi connectivity index (χ3v) is 4.95. The molecular formula is C10H24O2SSi. The molecular weight excluding hydrogens is 212 g/mol. The van der Waals surface area contributed by atoms with Crippen LogP contribution in [0.2, 0.25) is 0 Å². The van der Waals surface area contributed by atoms with E-state index in [4.69, 9.17) is 8.85 Å². The number of hydrogen-bond donors (Lipinski definition) is 1. The second-order valence-electron chi connectivity index (χ2n) is 3.47. The Morgan fingerprint density at radius 2 is 1.50 bits per heavy atom. The van der Waals surface area contributed by atoms with Crippen molar-refractivity contribution in [3.8, 4) is 0 Å². The molecule has 0 heterocycles. The maximum Gasteiger partial charge on any atom is 0.334 e. The Morgan fingerprint density at radius 1 is 1.00 bits per heavy atom. The van der Waals surface area contributed by atoms with Crippen LogP contribution in [0.3, 0.4) is 0 Å². The van der Waals surface area contributed by atoms with Gasteiger partial charge >= 0.3 is 9.28 Å². The van der Waals surface area contributed by atoms with Crippen molar-refractivity contribution in [2.45, 2.75) is 51.3 Å². The molecule has 0 amide bonds. The molecule has 86 valence electrons.